The molecular weight excluding hydrogens is 438 g/mol. The van der Waals surface area contributed by atoms with Gasteiger partial charge in [0, 0.05) is 28.1 Å². The number of benzene rings is 2. The summed E-state index contributed by atoms with van der Waals surface area (Å²) in [5.41, 5.74) is 3.26. The molecule has 0 radical (unpaired) electrons. The Morgan fingerprint density at radius 1 is 1.00 bits per heavy atom. The highest BCUT2D eigenvalue weighted by atomic mass is 19.1. The quantitative estimate of drug-likeness (QED) is 0.460. The van der Waals surface area contributed by atoms with Gasteiger partial charge in [0.15, 0.2) is 0 Å². The summed E-state index contributed by atoms with van der Waals surface area (Å²) in [6, 6.07) is 8.81. The number of hydrogen-bond donors (Lipinski definition) is 2. The van der Waals surface area contributed by atoms with Crippen molar-refractivity contribution in [1.82, 2.24) is 20.5 Å². The lowest BCUT2D eigenvalue weighted by Crippen LogP contribution is -2.25. The molecule has 0 atom stereocenters. The molecule has 5 rings (SSSR count). The second-order valence-corrected chi connectivity index (χ2v) is 8.77. The number of carbonyl (C=O) groups is 1. The number of H-pyrrole nitrogens is 1. The SMILES string of the molecule is Cc1cc(F)ccc1-c1nnc(C)c2cc(-c3cc(C(=O)NC4CC4)cc(F)c3C)c(=O)[nH]c12. The summed E-state index contributed by atoms with van der Waals surface area (Å²) in [6.07, 6.45) is 1.82. The van der Waals surface area contributed by atoms with Crippen molar-refractivity contribution in [3.8, 4) is 22.4 Å². The number of aromatic amines is 1. The van der Waals surface area contributed by atoms with Crippen molar-refractivity contribution < 1.29 is 13.6 Å². The second kappa shape index (κ2) is 8.13. The highest BCUT2D eigenvalue weighted by Gasteiger charge is 2.25. The molecule has 1 amide bonds. The highest BCUT2D eigenvalue weighted by molar-refractivity contribution is 5.98. The Hall–Kier alpha value is -3.94. The van der Waals surface area contributed by atoms with Crippen LogP contribution >= 0.6 is 0 Å². The van der Waals surface area contributed by atoms with E-state index in [9.17, 15) is 18.4 Å². The van der Waals surface area contributed by atoms with Gasteiger partial charge in [0.25, 0.3) is 11.5 Å². The number of nitrogens with zero attached hydrogens (tertiary/aromatic N) is 2. The Morgan fingerprint density at radius 3 is 2.47 bits per heavy atom. The van der Waals surface area contributed by atoms with Crippen LogP contribution in [0.2, 0.25) is 0 Å². The Kier molecular flexibility index (Phi) is 5.23. The first kappa shape index (κ1) is 21.9. The number of pyridine rings is 1. The number of aromatic nitrogens is 3. The van der Waals surface area contributed by atoms with Crippen LogP contribution in [0.3, 0.4) is 0 Å². The molecule has 0 unspecified atom stereocenters. The van der Waals surface area contributed by atoms with Crippen molar-refractivity contribution in [2.45, 2.75) is 39.7 Å². The van der Waals surface area contributed by atoms with Crippen LogP contribution in [0, 0.1) is 32.4 Å². The molecule has 2 N–H and O–H groups in total. The molecule has 6 nitrogen and oxygen atoms in total. The number of nitrogens with one attached hydrogen (secondary N) is 2. The molecule has 0 saturated heterocycles. The van der Waals surface area contributed by atoms with E-state index >= 15 is 0 Å². The van der Waals surface area contributed by atoms with Crippen molar-refractivity contribution in [2.24, 2.45) is 0 Å². The summed E-state index contributed by atoms with van der Waals surface area (Å²) in [7, 11) is 0. The molecule has 4 aromatic rings. The molecule has 8 heteroatoms. The number of fused-ring (bicyclic) bond motifs is 1. The lowest BCUT2D eigenvalue weighted by atomic mass is 9.96. The standard InChI is InChI=1S/C26H22F2N4O2/c1-12-8-16(27)4-7-18(12)24-23-20(14(3)31-32-24)11-21(26(34)30-23)19-9-15(10-22(28)13(19)2)25(33)29-17-5-6-17/h4,7-11,17H,5-6H2,1-3H3,(H,29,33)(H,30,34). The first-order valence-electron chi connectivity index (χ1n) is 11.0. The predicted octanol–water partition coefficient (Wildman–Crippen LogP) is 4.75. The number of hydrogen-bond acceptors (Lipinski definition) is 4. The van der Waals surface area contributed by atoms with Crippen LogP contribution in [0.4, 0.5) is 8.78 Å². The van der Waals surface area contributed by atoms with Gasteiger partial charge in [0.2, 0.25) is 0 Å². The number of halogens is 2. The minimum absolute atomic E-state index is 0.124. The van der Waals surface area contributed by atoms with Crippen LogP contribution in [0.5, 0.6) is 0 Å². The molecule has 2 heterocycles. The fourth-order valence-corrected chi connectivity index (χ4v) is 4.10. The molecular formula is C26H22F2N4O2. The molecule has 34 heavy (non-hydrogen) atoms. The lowest BCUT2D eigenvalue weighted by Gasteiger charge is -2.13. The van der Waals surface area contributed by atoms with E-state index in [2.05, 4.69) is 20.5 Å². The largest absolute Gasteiger partial charge is 0.349 e. The van der Waals surface area contributed by atoms with Crippen LogP contribution in [0.25, 0.3) is 33.3 Å². The van der Waals surface area contributed by atoms with Gasteiger partial charge in [-0.3, -0.25) is 9.59 Å². The first-order valence-corrected chi connectivity index (χ1v) is 11.0. The van der Waals surface area contributed by atoms with Crippen molar-refractivity contribution in [1.29, 1.82) is 0 Å². The predicted molar refractivity (Wildman–Crippen MR) is 126 cm³/mol. The van der Waals surface area contributed by atoms with Crippen molar-refractivity contribution >= 4 is 16.8 Å². The zero-order valence-corrected chi connectivity index (χ0v) is 18.9. The van der Waals surface area contributed by atoms with Gasteiger partial charge in [-0.25, -0.2) is 8.78 Å². The highest BCUT2D eigenvalue weighted by Crippen LogP contribution is 2.32. The topological polar surface area (TPSA) is 87.7 Å². The van der Waals surface area contributed by atoms with Crippen LogP contribution in [0.1, 0.15) is 40.0 Å². The fourth-order valence-electron chi connectivity index (χ4n) is 4.10. The molecule has 1 aliphatic rings. The maximum atomic E-state index is 14.8. The third-order valence-electron chi connectivity index (χ3n) is 6.22. The first-order chi connectivity index (χ1) is 16.2. The maximum absolute atomic E-state index is 14.8. The van der Waals surface area contributed by atoms with E-state index in [0.29, 0.717) is 39.0 Å². The summed E-state index contributed by atoms with van der Waals surface area (Å²) in [6.45, 7) is 5.08. The molecule has 0 aliphatic heterocycles. The Bertz CT molecular complexity index is 1540. The lowest BCUT2D eigenvalue weighted by molar-refractivity contribution is 0.0950. The maximum Gasteiger partial charge on any atom is 0.256 e. The minimum Gasteiger partial charge on any atom is -0.349 e. The van der Waals surface area contributed by atoms with Gasteiger partial charge in [-0.15, -0.1) is 5.10 Å². The van der Waals surface area contributed by atoms with E-state index in [4.69, 9.17) is 0 Å². The Labute approximate surface area is 194 Å². The normalized spacial score (nSPS) is 13.3. The van der Waals surface area contributed by atoms with E-state index < -0.39 is 11.4 Å². The van der Waals surface area contributed by atoms with E-state index in [1.165, 1.54) is 18.2 Å². The fraction of sp³-hybridized carbons (Fsp3) is 0.231. The van der Waals surface area contributed by atoms with E-state index in [0.717, 1.165) is 12.8 Å². The molecule has 1 fully saturated rings. The number of amides is 1. The number of aryl methyl sites for hydroxylation is 2. The molecule has 0 spiro atoms. The average Bonchev–Trinajstić information content (AvgIpc) is 3.60. The summed E-state index contributed by atoms with van der Waals surface area (Å²) in [4.78, 5) is 28.6. The zero-order valence-electron chi connectivity index (χ0n) is 18.9. The van der Waals surface area contributed by atoms with Gasteiger partial charge >= 0.3 is 0 Å². The third kappa shape index (κ3) is 3.85. The molecule has 0 bridgehead atoms. The van der Waals surface area contributed by atoms with Gasteiger partial charge in [-0.2, -0.15) is 5.10 Å². The summed E-state index contributed by atoms with van der Waals surface area (Å²) < 4.78 is 28.4. The van der Waals surface area contributed by atoms with Crippen LogP contribution in [-0.2, 0) is 0 Å². The molecule has 1 saturated carbocycles. The monoisotopic (exact) mass is 460 g/mol. The third-order valence-corrected chi connectivity index (χ3v) is 6.22. The average molecular weight is 460 g/mol. The summed E-state index contributed by atoms with van der Waals surface area (Å²) >= 11 is 0. The Morgan fingerprint density at radius 2 is 1.76 bits per heavy atom. The van der Waals surface area contributed by atoms with Crippen molar-refractivity contribution in [3.05, 3.63) is 80.8 Å². The zero-order chi connectivity index (χ0) is 24.1. The molecule has 172 valence electrons. The minimum atomic E-state index is -0.565. The number of carbonyl (C=O) groups excluding carboxylic acids is 1. The van der Waals surface area contributed by atoms with Gasteiger partial charge in [-0.1, -0.05) is 0 Å². The summed E-state index contributed by atoms with van der Waals surface area (Å²) in [5, 5.41) is 12.0. The van der Waals surface area contributed by atoms with Gasteiger partial charge in [-0.05, 0) is 86.7 Å². The number of rotatable bonds is 4. The van der Waals surface area contributed by atoms with Crippen LogP contribution < -0.4 is 10.9 Å². The Balaban J connectivity index is 1.70. The van der Waals surface area contributed by atoms with Crippen molar-refractivity contribution in [2.75, 3.05) is 0 Å². The van der Waals surface area contributed by atoms with Crippen LogP contribution in [-0.4, -0.2) is 27.1 Å². The van der Waals surface area contributed by atoms with E-state index in [1.54, 1.807) is 39.0 Å². The van der Waals surface area contributed by atoms with Gasteiger partial charge < -0.3 is 10.3 Å². The second-order valence-electron chi connectivity index (χ2n) is 8.77. The van der Waals surface area contributed by atoms with E-state index in [1.807, 2.05) is 0 Å². The summed E-state index contributed by atoms with van der Waals surface area (Å²) in [5.74, 6) is -1.30. The van der Waals surface area contributed by atoms with E-state index in [-0.39, 0.29) is 34.5 Å². The smallest absolute Gasteiger partial charge is 0.256 e. The van der Waals surface area contributed by atoms with Crippen molar-refractivity contribution in [3.63, 3.8) is 0 Å². The van der Waals surface area contributed by atoms with Gasteiger partial charge in [0.05, 0.1) is 11.2 Å². The molecule has 1 aliphatic carbocycles. The molecule has 2 aromatic heterocycles. The van der Waals surface area contributed by atoms with Gasteiger partial charge in [0.1, 0.15) is 17.3 Å². The van der Waals surface area contributed by atoms with Crippen LogP contribution in [0.15, 0.2) is 41.2 Å². The molecule has 2 aromatic carbocycles.